The van der Waals surface area contributed by atoms with E-state index < -0.39 is 0 Å². The van der Waals surface area contributed by atoms with E-state index in [-0.39, 0.29) is 0 Å². The van der Waals surface area contributed by atoms with Gasteiger partial charge in [-0.05, 0) is 23.5 Å². The number of nitrogen functional groups attached to an aromatic ring is 1. The largest absolute Gasteiger partial charge is 0.382 e. The molecule has 2 aromatic rings. The molecule has 1 unspecified atom stereocenters. The van der Waals surface area contributed by atoms with Crippen molar-refractivity contribution in [2.75, 3.05) is 17.6 Å². The van der Waals surface area contributed by atoms with Gasteiger partial charge in [-0.2, -0.15) is 4.37 Å². The molecule has 0 saturated heterocycles. The van der Waals surface area contributed by atoms with E-state index in [0.717, 1.165) is 29.1 Å². The third-order valence-corrected chi connectivity index (χ3v) is 3.80. The lowest BCUT2D eigenvalue weighted by atomic mass is 10.1. The molecule has 0 saturated carbocycles. The van der Waals surface area contributed by atoms with Crippen LogP contribution in [0.4, 0.5) is 10.8 Å². The lowest BCUT2D eigenvalue weighted by molar-refractivity contribution is 0.594. The molecule has 0 amide bonds. The fraction of sp³-hybridized carbons (Fsp3) is 0.385. The minimum Gasteiger partial charge on any atom is -0.382 e. The van der Waals surface area contributed by atoms with Crippen LogP contribution in [0.25, 0.3) is 11.1 Å². The lowest BCUT2D eigenvalue weighted by Crippen LogP contribution is -2.09. The average Bonchev–Trinajstić information content (AvgIpc) is 2.78. The standard InChI is InChI=1S/C13H18N4S/c1-3-9(2)7-16-13-11(12(14)17-18-13)10-5-4-6-15-8-10/h4-6,8-9,16H,3,7H2,1-2H3,(H2,14,17). The Morgan fingerprint density at radius 1 is 1.50 bits per heavy atom. The predicted octanol–water partition coefficient (Wildman–Crippen LogP) is 3.25. The second-order valence-corrected chi connectivity index (χ2v) is 5.18. The summed E-state index contributed by atoms with van der Waals surface area (Å²) in [6.07, 6.45) is 4.73. The Bertz CT molecular complexity index is 495. The maximum Gasteiger partial charge on any atom is 0.147 e. The minimum atomic E-state index is 0.569. The van der Waals surface area contributed by atoms with Gasteiger partial charge in [0, 0.05) is 24.5 Å². The molecule has 0 aliphatic heterocycles. The highest BCUT2D eigenvalue weighted by atomic mass is 32.1. The van der Waals surface area contributed by atoms with Gasteiger partial charge in [0.2, 0.25) is 0 Å². The van der Waals surface area contributed by atoms with Crippen LogP contribution < -0.4 is 11.1 Å². The number of nitrogens with one attached hydrogen (secondary N) is 1. The Hall–Kier alpha value is -1.62. The molecule has 4 nitrogen and oxygen atoms in total. The van der Waals surface area contributed by atoms with Crippen molar-refractivity contribution in [2.24, 2.45) is 5.92 Å². The molecule has 2 heterocycles. The summed E-state index contributed by atoms with van der Waals surface area (Å²) in [6.45, 7) is 5.35. The molecule has 18 heavy (non-hydrogen) atoms. The van der Waals surface area contributed by atoms with E-state index in [1.807, 2.05) is 18.3 Å². The number of hydrogen-bond acceptors (Lipinski definition) is 5. The van der Waals surface area contributed by atoms with Crippen molar-refractivity contribution < 1.29 is 0 Å². The van der Waals surface area contributed by atoms with E-state index in [1.165, 1.54) is 11.5 Å². The second kappa shape index (κ2) is 5.82. The van der Waals surface area contributed by atoms with E-state index in [9.17, 15) is 0 Å². The molecule has 2 rings (SSSR count). The highest BCUT2D eigenvalue weighted by Crippen LogP contribution is 2.36. The zero-order chi connectivity index (χ0) is 13.0. The number of pyridine rings is 1. The summed E-state index contributed by atoms with van der Waals surface area (Å²) in [6, 6.07) is 3.91. The van der Waals surface area contributed by atoms with Crippen molar-refractivity contribution in [1.82, 2.24) is 9.36 Å². The highest BCUT2D eigenvalue weighted by Gasteiger charge is 2.13. The summed E-state index contributed by atoms with van der Waals surface area (Å²) in [5.74, 6) is 1.20. The summed E-state index contributed by atoms with van der Waals surface area (Å²) in [5.41, 5.74) is 7.92. The van der Waals surface area contributed by atoms with Gasteiger partial charge in [-0.1, -0.05) is 26.3 Å². The summed E-state index contributed by atoms with van der Waals surface area (Å²) in [5, 5.41) is 4.46. The molecule has 96 valence electrons. The summed E-state index contributed by atoms with van der Waals surface area (Å²) >= 11 is 1.41. The van der Waals surface area contributed by atoms with Crippen LogP contribution in [-0.4, -0.2) is 15.9 Å². The van der Waals surface area contributed by atoms with E-state index in [2.05, 4.69) is 28.5 Å². The minimum absolute atomic E-state index is 0.569. The molecule has 3 N–H and O–H groups in total. The maximum absolute atomic E-state index is 5.94. The van der Waals surface area contributed by atoms with Crippen LogP contribution in [0, 0.1) is 5.92 Å². The number of hydrogen-bond donors (Lipinski definition) is 2. The first kappa shape index (κ1) is 12.8. The van der Waals surface area contributed by atoms with Gasteiger partial charge in [-0.3, -0.25) is 4.98 Å². The molecule has 0 aromatic carbocycles. The van der Waals surface area contributed by atoms with E-state index in [1.54, 1.807) is 6.20 Å². The number of nitrogens with two attached hydrogens (primary N) is 1. The van der Waals surface area contributed by atoms with Crippen molar-refractivity contribution in [2.45, 2.75) is 20.3 Å². The number of nitrogens with zero attached hydrogens (tertiary/aromatic N) is 2. The van der Waals surface area contributed by atoms with Gasteiger partial charge in [-0.15, -0.1) is 0 Å². The van der Waals surface area contributed by atoms with Gasteiger partial charge in [-0.25, -0.2) is 0 Å². The van der Waals surface area contributed by atoms with Crippen LogP contribution in [0.2, 0.25) is 0 Å². The third kappa shape index (κ3) is 2.79. The molecular weight excluding hydrogens is 244 g/mol. The predicted molar refractivity (Wildman–Crippen MR) is 77.7 cm³/mol. The van der Waals surface area contributed by atoms with Crippen molar-refractivity contribution >= 4 is 22.4 Å². The van der Waals surface area contributed by atoms with E-state index in [0.29, 0.717) is 11.7 Å². The van der Waals surface area contributed by atoms with Crippen molar-refractivity contribution in [3.05, 3.63) is 24.5 Å². The first-order valence-corrected chi connectivity index (χ1v) is 6.89. The van der Waals surface area contributed by atoms with Crippen LogP contribution in [0.5, 0.6) is 0 Å². The molecule has 0 fully saturated rings. The van der Waals surface area contributed by atoms with Gasteiger partial charge in [0.25, 0.3) is 0 Å². The Balaban J connectivity index is 2.23. The van der Waals surface area contributed by atoms with Crippen LogP contribution in [0.3, 0.4) is 0 Å². The van der Waals surface area contributed by atoms with Crippen LogP contribution >= 0.6 is 11.5 Å². The van der Waals surface area contributed by atoms with Gasteiger partial charge in [0.15, 0.2) is 0 Å². The maximum atomic E-state index is 5.94. The first-order valence-electron chi connectivity index (χ1n) is 6.11. The number of anilines is 2. The third-order valence-electron chi connectivity index (χ3n) is 2.98. The zero-order valence-electron chi connectivity index (χ0n) is 10.7. The SMILES string of the molecule is CCC(C)CNc1snc(N)c1-c1cccnc1. The molecule has 0 radical (unpaired) electrons. The molecule has 0 spiro atoms. The molecule has 0 aliphatic carbocycles. The zero-order valence-corrected chi connectivity index (χ0v) is 11.5. The Labute approximate surface area is 111 Å². The van der Waals surface area contributed by atoms with Gasteiger partial charge < -0.3 is 11.1 Å². The normalized spacial score (nSPS) is 12.3. The Kier molecular flexibility index (Phi) is 4.15. The van der Waals surface area contributed by atoms with Crippen LogP contribution in [-0.2, 0) is 0 Å². The topological polar surface area (TPSA) is 63.8 Å². The Morgan fingerprint density at radius 2 is 2.33 bits per heavy atom. The summed E-state index contributed by atoms with van der Waals surface area (Å²) < 4.78 is 4.23. The van der Waals surface area contributed by atoms with E-state index in [4.69, 9.17) is 5.73 Å². The van der Waals surface area contributed by atoms with Crippen LogP contribution in [0.15, 0.2) is 24.5 Å². The van der Waals surface area contributed by atoms with E-state index >= 15 is 0 Å². The fourth-order valence-electron chi connectivity index (χ4n) is 1.62. The summed E-state index contributed by atoms with van der Waals surface area (Å²) in [4.78, 5) is 4.13. The molecule has 2 aromatic heterocycles. The van der Waals surface area contributed by atoms with Crippen molar-refractivity contribution in [3.8, 4) is 11.1 Å². The van der Waals surface area contributed by atoms with Crippen molar-refractivity contribution in [1.29, 1.82) is 0 Å². The van der Waals surface area contributed by atoms with Gasteiger partial charge >= 0.3 is 0 Å². The first-order chi connectivity index (χ1) is 8.72. The van der Waals surface area contributed by atoms with Gasteiger partial charge in [0.1, 0.15) is 10.8 Å². The summed E-state index contributed by atoms with van der Waals surface area (Å²) in [7, 11) is 0. The van der Waals surface area contributed by atoms with Crippen molar-refractivity contribution in [3.63, 3.8) is 0 Å². The van der Waals surface area contributed by atoms with Crippen LogP contribution in [0.1, 0.15) is 20.3 Å². The number of rotatable bonds is 5. The Morgan fingerprint density at radius 3 is 3.00 bits per heavy atom. The quantitative estimate of drug-likeness (QED) is 0.868. The average molecular weight is 262 g/mol. The number of aromatic nitrogens is 2. The molecule has 0 aliphatic rings. The second-order valence-electron chi connectivity index (χ2n) is 4.41. The molecule has 5 heteroatoms. The monoisotopic (exact) mass is 262 g/mol. The molecule has 1 atom stereocenters. The highest BCUT2D eigenvalue weighted by molar-refractivity contribution is 7.11. The fourth-order valence-corrected chi connectivity index (χ4v) is 2.37. The molecular formula is C13H18N4S. The van der Waals surface area contributed by atoms with Gasteiger partial charge in [0.05, 0.1) is 5.56 Å². The smallest absolute Gasteiger partial charge is 0.147 e. The lowest BCUT2D eigenvalue weighted by Gasteiger charge is -2.11. The molecule has 0 bridgehead atoms.